The number of halogens is 6. The van der Waals surface area contributed by atoms with Crippen LogP contribution in [0.3, 0.4) is 0 Å². The van der Waals surface area contributed by atoms with E-state index >= 15 is 0 Å². The number of hydrogen-bond acceptors (Lipinski definition) is 4. The van der Waals surface area contributed by atoms with Gasteiger partial charge < -0.3 is 15.7 Å². The fourth-order valence-electron chi connectivity index (χ4n) is 3.73. The highest BCUT2D eigenvalue weighted by Gasteiger charge is 2.29. The molecule has 6 nitrogen and oxygen atoms in total. The second-order valence-corrected chi connectivity index (χ2v) is 11.9. The Morgan fingerprint density at radius 2 is 1.22 bits per heavy atom. The lowest BCUT2D eigenvalue weighted by Gasteiger charge is -2.18. The molecule has 3 N–H and O–H groups in total. The molecule has 0 saturated heterocycles. The Balaban J connectivity index is 1.56. The largest absolute Gasteiger partial charge is 0.478 e. The number of aromatic carboxylic acids is 1. The molecule has 0 spiro atoms. The molecule has 0 fully saturated rings. The third-order valence-corrected chi connectivity index (χ3v) is 9.05. The maximum Gasteiger partial charge on any atom is 0.338 e. The van der Waals surface area contributed by atoms with E-state index in [-0.39, 0.29) is 21.0 Å². The minimum Gasteiger partial charge on any atom is -0.478 e. The van der Waals surface area contributed by atoms with E-state index in [4.69, 9.17) is 69.6 Å². The van der Waals surface area contributed by atoms with Crippen molar-refractivity contribution in [3.05, 3.63) is 120 Å². The van der Waals surface area contributed by atoms with Gasteiger partial charge in [0.15, 0.2) is 0 Å². The van der Waals surface area contributed by atoms with Crippen LogP contribution in [0.5, 0.6) is 0 Å². The molecule has 4 aromatic rings. The number of carbonyl (C=O) groups excluding carboxylic acids is 2. The highest BCUT2D eigenvalue weighted by atomic mass is 35.5. The third-order valence-electron chi connectivity index (χ3n) is 5.54. The quantitative estimate of drug-likeness (QED) is 0.0973. The molecular weight excluding hydrogens is 673 g/mol. The van der Waals surface area contributed by atoms with Crippen molar-refractivity contribution < 1.29 is 19.5 Å². The summed E-state index contributed by atoms with van der Waals surface area (Å²) in [7, 11) is 0. The number of carbonyl (C=O) groups is 3. The summed E-state index contributed by atoms with van der Waals surface area (Å²) in [4.78, 5) is 38.9. The third kappa shape index (κ3) is 7.43. The molecule has 13 heteroatoms. The van der Waals surface area contributed by atoms with E-state index in [1.807, 2.05) is 30.3 Å². The maximum absolute atomic E-state index is 13.3. The van der Waals surface area contributed by atoms with Gasteiger partial charge in [0, 0.05) is 26.3 Å². The molecule has 0 aliphatic heterocycles. The molecule has 1 atom stereocenters. The maximum atomic E-state index is 13.3. The van der Waals surface area contributed by atoms with Crippen molar-refractivity contribution in [3.8, 4) is 0 Å². The SMILES string of the molecule is O=C(O)c1c(Cl)c(Cl)c(Cl)c(Cl)c1C(=O)Nc1ccc(SC(C(=O)Nc2cc(Cl)cc(Cl)c2)c2ccccc2)cc1. The van der Waals surface area contributed by atoms with Gasteiger partial charge in [0.1, 0.15) is 5.25 Å². The molecule has 0 aromatic heterocycles. The molecule has 1 unspecified atom stereocenters. The van der Waals surface area contributed by atoms with Crippen molar-refractivity contribution in [2.24, 2.45) is 0 Å². The van der Waals surface area contributed by atoms with E-state index in [1.165, 1.54) is 11.8 Å². The molecule has 4 rings (SSSR count). The van der Waals surface area contributed by atoms with Crippen LogP contribution in [0.1, 0.15) is 31.5 Å². The predicted octanol–water partition coefficient (Wildman–Crippen LogP) is 10.0. The van der Waals surface area contributed by atoms with E-state index < -0.39 is 33.3 Å². The van der Waals surface area contributed by atoms with Gasteiger partial charge in [-0.3, -0.25) is 9.59 Å². The van der Waals surface area contributed by atoms with Gasteiger partial charge in [-0.25, -0.2) is 4.79 Å². The van der Waals surface area contributed by atoms with Gasteiger partial charge in [-0.2, -0.15) is 0 Å². The summed E-state index contributed by atoms with van der Waals surface area (Å²) in [5.41, 5.74) is 0.525. The average molecular weight is 689 g/mol. The molecule has 0 saturated carbocycles. The predicted molar refractivity (Wildman–Crippen MR) is 168 cm³/mol. The van der Waals surface area contributed by atoms with Crippen LogP contribution in [0.25, 0.3) is 0 Å². The highest BCUT2D eigenvalue weighted by molar-refractivity contribution is 8.00. The van der Waals surface area contributed by atoms with E-state index in [0.717, 1.165) is 5.56 Å². The smallest absolute Gasteiger partial charge is 0.338 e. The fourth-order valence-corrected chi connectivity index (χ4v) is 6.30. The van der Waals surface area contributed by atoms with E-state index in [9.17, 15) is 19.5 Å². The van der Waals surface area contributed by atoms with Gasteiger partial charge in [0.05, 0.1) is 31.2 Å². The summed E-state index contributed by atoms with van der Waals surface area (Å²) < 4.78 is 0. The molecule has 0 aliphatic rings. The summed E-state index contributed by atoms with van der Waals surface area (Å²) >= 11 is 37.7. The van der Waals surface area contributed by atoms with Crippen LogP contribution in [0.15, 0.2) is 77.7 Å². The average Bonchev–Trinajstić information content (AvgIpc) is 2.92. The molecule has 0 radical (unpaired) electrons. The monoisotopic (exact) mass is 686 g/mol. The normalized spacial score (nSPS) is 11.6. The Morgan fingerprint density at radius 1 is 0.659 bits per heavy atom. The number of nitrogens with one attached hydrogen (secondary N) is 2. The Kier molecular flexibility index (Phi) is 10.4. The first-order chi connectivity index (χ1) is 19.5. The first-order valence-electron chi connectivity index (χ1n) is 11.5. The zero-order valence-electron chi connectivity index (χ0n) is 20.4. The lowest BCUT2D eigenvalue weighted by molar-refractivity contribution is -0.115. The van der Waals surface area contributed by atoms with Gasteiger partial charge in [-0.05, 0) is 48.0 Å². The van der Waals surface area contributed by atoms with E-state index in [2.05, 4.69) is 10.6 Å². The first kappa shape index (κ1) is 31.3. The number of benzene rings is 4. The Labute approximate surface area is 268 Å². The van der Waals surface area contributed by atoms with Crippen molar-refractivity contribution in [2.45, 2.75) is 10.1 Å². The van der Waals surface area contributed by atoms with Crippen LogP contribution in [-0.2, 0) is 4.79 Å². The summed E-state index contributed by atoms with van der Waals surface area (Å²) in [6.45, 7) is 0. The molecule has 0 bridgehead atoms. The van der Waals surface area contributed by atoms with Crippen LogP contribution in [0.2, 0.25) is 30.1 Å². The number of anilines is 2. The summed E-state index contributed by atoms with van der Waals surface area (Å²) in [5.74, 6) is -2.66. The van der Waals surface area contributed by atoms with Crippen LogP contribution < -0.4 is 10.6 Å². The topological polar surface area (TPSA) is 95.5 Å². The zero-order valence-corrected chi connectivity index (χ0v) is 25.7. The standard InChI is InChI=1S/C28H16Cl6N2O4S/c29-14-10-15(30)12-17(11-14)36-27(38)25(13-4-2-1-3-5-13)41-18-8-6-16(7-9-18)35-26(37)19-20(28(39)40)22(32)24(34)23(33)21(19)31/h1-12,25H,(H,35,37)(H,36,38)(H,39,40). The number of amides is 2. The van der Waals surface area contributed by atoms with Crippen molar-refractivity contribution in [3.63, 3.8) is 0 Å². The minimum absolute atomic E-state index is 0.245. The Morgan fingerprint density at radius 3 is 1.78 bits per heavy atom. The second kappa shape index (κ2) is 13.6. The van der Waals surface area contributed by atoms with Gasteiger partial charge in [-0.1, -0.05) is 99.9 Å². The summed E-state index contributed by atoms with van der Waals surface area (Å²) in [5, 5.41) is 13.9. The van der Waals surface area contributed by atoms with Crippen LogP contribution in [0, 0.1) is 0 Å². The number of carboxylic acids is 1. The highest BCUT2D eigenvalue weighted by Crippen LogP contribution is 2.42. The summed E-state index contributed by atoms with van der Waals surface area (Å²) in [6, 6.07) is 20.5. The molecule has 0 heterocycles. The van der Waals surface area contributed by atoms with Gasteiger partial charge in [0.25, 0.3) is 5.91 Å². The number of thioether (sulfide) groups is 1. The zero-order chi connectivity index (χ0) is 29.8. The van der Waals surface area contributed by atoms with Gasteiger partial charge >= 0.3 is 5.97 Å². The van der Waals surface area contributed by atoms with Crippen LogP contribution >= 0.6 is 81.4 Å². The van der Waals surface area contributed by atoms with Crippen molar-refractivity contribution in [2.75, 3.05) is 10.6 Å². The van der Waals surface area contributed by atoms with Crippen LogP contribution in [-0.4, -0.2) is 22.9 Å². The fraction of sp³-hybridized carbons (Fsp3) is 0.0357. The number of carboxylic acid groups (broad SMARTS) is 1. The van der Waals surface area contributed by atoms with Crippen molar-refractivity contribution in [1.82, 2.24) is 0 Å². The van der Waals surface area contributed by atoms with Gasteiger partial charge in [-0.15, -0.1) is 11.8 Å². The van der Waals surface area contributed by atoms with Crippen LogP contribution in [0.4, 0.5) is 11.4 Å². The lowest BCUT2D eigenvalue weighted by atomic mass is 10.1. The number of hydrogen-bond donors (Lipinski definition) is 3. The molecule has 210 valence electrons. The molecule has 2 amide bonds. The van der Waals surface area contributed by atoms with E-state index in [0.29, 0.717) is 26.3 Å². The lowest BCUT2D eigenvalue weighted by Crippen LogP contribution is -2.19. The van der Waals surface area contributed by atoms with E-state index in [1.54, 1.807) is 42.5 Å². The minimum atomic E-state index is -1.50. The Hall–Kier alpha value is -2.62. The molecule has 41 heavy (non-hydrogen) atoms. The number of rotatable bonds is 8. The van der Waals surface area contributed by atoms with Gasteiger partial charge in [0.2, 0.25) is 5.91 Å². The Bertz CT molecular complexity index is 1630. The molecular formula is C28H16Cl6N2O4S. The summed E-state index contributed by atoms with van der Waals surface area (Å²) in [6.07, 6.45) is 0. The van der Waals surface area contributed by atoms with Crippen molar-refractivity contribution in [1.29, 1.82) is 0 Å². The molecule has 0 aliphatic carbocycles. The van der Waals surface area contributed by atoms with Crippen molar-refractivity contribution >= 4 is 111 Å². The first-order valence-corrected chi connectivity index (χ1v) is 14.6. The second-order valence-electron chi connectivity index (χ2n) is 8.35. The molecule has 4 aromatic carbocycles.